The van der Waals surface area contributed by atoms with E-state index < -0.39 is 17.5 Å². The molecule has 0 radical (unpaired) electrons. The molecule has 2 atom stereocenters. The number of amides is 2. The number of carboxylic acid groups (broad SMARTS) is 1. The number of ether oxygens (including phenoxy) is 1. The third kappa shape index (κ3) is 3.51. The standard InChI is InChI=1S/C25H26N2O5/c1-25(23(29)30)13-27(14-25)22(28)20-10-15(20)11-26-24(31)32-12-21-18-8-4-2-6-16(18)17-7-3-5-9-19(17)21/h2-9,15,20-21H,10-14H2,1H3,(H,26,31)(H,29,30)/t15-,20-/m0/s1. The number of benzene rings is 2. The minimum atomic E-state index is -0.870. The van der Waals surface area contributed by atoms with Crippen molar-refractivity contribution >= 4 is 18.0 Å². The Morgan fingerprint density at radius 3 is 2.25 bits per heavy atom. The molecule has 1 aliphatic heterocycles. The average Bonchev–Trinajstić information content (AvgIpc) is 3.48. The van der Waals surface area contributed by atoms with E-state index in [9.17, 15) is 19.5 Å². The van der Waals surface area contributed by atoms with Gasteiger partial charge in [-0.2, -0.15) is 0 Å². The highest BCUT2D eigenvalue weighted by Gasteiger charge is 2.52. The van der Waals surface area contributed by atoms with Gasteiger partial charge in [-0.15, -0.1) is 0 Å². The van der Waals surface area contributed by atoms with Gasteiger partial charge in [0.25, 0.3) is 0 Å². The molecule has 0 spiro atoms. The van der Waals surface area contributed by atoms with Crippen LogP contribution in [0, 0.1) is 17.3 Å². The Morgan fingerprint density at radius 1 is 1.06 bits per heavy atom. The van der Waals surface area contributed by atoms with Crippen LogP contribution in [0.1, 0.15) is 30.4 Å². The number of hydrogen-bond acceptors (Lipinski definition) is 4. The van der Waals surface area contributed by atoms with Crippen molar-refractivity contribution in [2.24, 2.45) is 17.3 Å². The minimum Gasteiger partial charge on any atom is -0.481 e. The van der Waals surface area contributed by atoms with Crippen molar-refractivity contribution in [1.29, 1.82) is 0 Å². The summed E-state index contributed by atoms with van der Waals surface area (Å²) in [5.41, 5.74) is 3.86. The van der Waals surface area contributed by atoms with Crippen molar-refractivity contribution in [3.05, 3.63) is 59.7 Å². The molecule has 0 aromatic heterocycles. The van der Waals surface area contributed by atoms with Gasteiger partial charge in [-0.05, 0) is 41.5 Å². The zero-order valence-electron chi connectivity index (χ0n) is 17.9. The SMILES string of the molecule is CC1(C(=O)O)CN(C(=O)[C@H]2C[C@H]2CNC(=O)OCC2c3ccccc3-c3ccccc32)C1. The lowest BCUT2D eigenvalue weighted by Gasteiger charge is -2.45. The summed E-state index contributed by atoms with van der Waals surface area (Å²) in [4.78, 5) is 37.6. The number of hydrogen-bond donors (Lipinski definition) is 2. The van der Waals surface area contributed by atoms with E-state index in [-0.39, 0.29) is 43.4 Å². The number of likely N-dealkylation sites (tertiary alicyclic amines) is 1. The average molecular weight is 434 g/mol. The van der Waals surface area contributed by atoms with Crippen molar-refractivity contribution in [3.63, 3.8) is 0 Å². The molecule has 3 aliphatic rings. The molecule has 7 nitrogen and oxygen atoms in total. The van der Waals surface area contributed by atoms with Crippen LogP contribution in [-0.4, -0.2) is 54.2 Å². The van der Waals surface area contributed by atoms with Crippen molar-refractivity contribution < 1.29 is 24.2 Å². The third-order valence-electron chi connectivity index (χ3n) is 7.00. The Labute approximate surface area is 186 Å². The van der Waals surface area contributed by atoms with Crippen molar-refractivity contribution in [2.45, 2.75) is 19.3 Å². The molecule has 7 heteroatoms. The fraction of sp³-hybridized carbons (Fsp3) is 0.400. The van der Waals surface area contributed by atoms with Crippen LogP contribution >= 0.6 is 0 Å². The minimum absolute atomic E-state index is 0.0111. The molecule has 2 fully saturated rings. The van der Waals surface area contributed by atoms with Gasteiger partial charge in [-0.25, -0.2) is 4.79 Å². The number of carbonyl (C=O) groups excluding carboxylic acids is 2. The first kappa shape index (κ1) is 20.5. The molecule has 2 aromatic rings. The van der Waals surface area contributed by atoms with E-state index >= 15 is 0 Å². The van der Waals surface area contributed by atoms with Crippen LogP contribution in [0.5, 0.6) is 0 Å². The molecular formula is C25H26N2O5. The quantitative estimate of drug-likeness (QED) is 0.728. The summed E-state index contributed by atoms with van der Waals surface area (Å²) in [6.45, 7) is 2.81. The van der Waals surface area contributed by atoms with Gasteiger partial charge >= 0.3 is 12.1 Å². The third-order valence-corrected chi connectivity index (χ3v) is 7.00. The number of carboxylic acids is 1. The first-order valence-corrected chi connectivity index (χ1v) is 11.0. The maximum Gasteiger partial charge on any atom is 0.407 e. The number of nitrogens with one attached hydrogen (secondary N) is 1. The molecule has 2 amide bonds. The topological polar surface area (TPSA) is 95.9 Å². The van der Waals surface area contributed by atoms with E-state index in [1.54, 1.807) is 11.8 Å². The first-order valence-electron chi connectivity index (χ1n) is 11.0. The van der Waals surface area contributed by atoms with Gasteiger partial charge in [0.05, 0.1) is 5.41 Å². The van der Waals surface area contributed by atoms with Gasteiger partial charge in [0.15, 0.2) is 0 Å². The number of fused-ring (bicyclic) bond motifs is 3. The maximum absolute atomic E-state index is 12.5. The zero-order valence-corrected chi connectivity index (χ0v) is 17.9. The maximum atomic E-state index is 12.5. The largest absolute Gasteiger partial charge is 0.481 e. The summed E-state index contributed by atoms with van der Waals surface area (Å²) in [6, 6.07) is 16.4. The Hall–Kier alpha value is -3.35. The number of nitrogens with zero attached hydrogens (tertiary/aromatic N) is 1. The summed E-state index contributed by atoms with van der Waals surface area (Å²) in [6.07, 6.45) is 0.232. The van der Waals surface area contributed by atoms with Crippen LogP contribution in [0.25, 0.3) is 11.1 Å². The van der Waals surface area contributed by atoms with E-state index in [1.807, 2.05) is 24.3 Å². The lowest BCUT2D eigenvalue weighted by molar-refractivity contribution is -0.164. The van der Waals surface area contributed by atoms with Crippen LogP contribution in [0.2, 0.25) is 0 Å². The number of aliphatic carboxylic acids is 1. The zero-order chi connectivity index (χ0) is 22.5. The highest BCUT2D eigenvalue weighted by molar-refractivity contribution is 5.86. The van der Waals surface area contributed by atoms with Crippen molar-refractivity contribution in [2.75, 3.05) is 26.2 Å². The van der Waals surface area contributed by atoms with Gasteiger partial charge in [0, 0.05) is 31.5 Å². The molecule has 32 heavy (non-hydrogen) atoms. The van der Waals surface area contributed by atoms with Gasteiger partial charge in [0.1, 0.15) is 6.61 Å². The Balaban J connectivity index is 1.10. The van der Waals surface area contributed by atoms with Gasteiger partial charge in [0.2, 0.25) is 5.91 Å². The molecular weight excluding hydrogens is 408 g/mol. The van der Waals surface area contributed by atoms with Crippen LogP contribution in [0.15, 0.2) is 48.5 Å². The molecule has 0 unspecified atom stereocenters. The van der Waals surface area contributed by atoms with E-state index in [1.165, 1.54) is 11.1 Å². The summed E-state index contributed by atoms with van der Waals surface area (Å²) in [5.74, 6) is -0.922. The normalized spacial score (nSPS) is 22.3. The second-order valence-electron chi connectivity index (χ2n) is 9.37. The predicted octanol–water partition coefficient (Wildman–Crippen LogP) is 3.09. The van der Waals surface area contributed by atoms with Crippen molar-refractivity contribution in [1.82, 2.24) is 10.2 Å². The molecule has 2 N–H and O–H groups in total. The number of carbonyl (C=O) groups is 3. The molecule has 2 aliphatic carbocycles. The highest BCUT2D eigenvalue weighted by atomic mass is 16.5. The molecule has 1 saturated heterocycles. The van der Waals surface area contributed by atoms with Crippen molar-refractivity contribution in [3.8, 4) is 11.1 Å². The Bertz CT molecular complexity index is 1050. The molecule has 1 heterocycles. The lowest BCUT2D eigenvalue weighted by atomic mass is 9.82. The summed E-state index contributed by atoms with van der Waals surface area (Å²) < 4.78 is 5.54. The summed E-state index contributed by atoms with van der Waals surface area (Å²) in [5, 5.41) is 12.0. The molecule has 1 saturated carbocycles. The fourth-order valence-corrected chi connectivity index (χ4v) is 4.96. The Kier molecular flexibility index (Phi) is 4.92. The predicted molar refractivity (Wildman–Crippen MR) is 117 cm³/mol. The van der Waals surface area contributed by atoms with Gasteiger partial charge in [-0.3, -0.25) is 9.59 Å². The number of alkyl carbamates (subject to hydrolysis) is 1. The summed E-state index contributed by atoms with van der Waals surface area (Å²) in [7, 11) is 0. The van der Waals surface area contributed by atoms with Crippen LogP contribution in [0.3, 0.4) is 0 Å². The van der Waals surface area contributed by atoms with Crippen LogP contribution in [-0.2, 0) is 14.3 Å². The van der Waals surface area contributed by atoms with E-state index in [0.29, 0.717) is 13.0 Å². The van der Waals surface area contributed by atoms with E-state index in [4.69, 9.17) is 4.74 Å². The molecule has 166 valence electrons. The van der Waals surface area contributed by atoms with Crippen LogP contribution in [0.4, 0.5) is 4.79 Å². The second kappa shape index (κ2) is 7.65. The first-order chi connectivity index (χ1) is 15.4. The highest BCUT2D eigenvalue weighted by Crippen LogP contribution is 2.45. The molecule has 0 bridgehead atoms. The second-order valence-corrected chi connectivity index (χ2v) is 9.37. The molecule has 5 rings (SSSR count). The van der Waals surface area contributed by atoms with E-state index in [2.05, 4.69) is 29.6 Å². The lowest BCUT2D eigenvalue weighted by Crippen LogP contribution is -2.61. The van der Waals surface area contributed by atoms with Gasteiger partial charge < -0.3 is 20.1 Å². The van der Waals surface area contributed by atoms with Gasteiger partial charge in [-0.1, -0.05) is 48.5 Å². The van der Waals surface area contributed by atoms with E-state index in [0.717, 1.165) is 11.1 Å². The molecule has 2 aromatic carbocycles. The Morgan fingerprint density at radius 2 is 1.66 bits per heavy atom. The fourth-order valence-electron chi connectivity index (χ4n) is 4.96. The smallest absolute Gasteiger partial charge is 0.407 e. The monoisotopic (exact) mass is 434 g/mol. The number of rotatable bonds is 6. The van der Waals surface area contributed by atoms with Crippen LogP contribution < -0.4 is 5.32 Å². The summed E-state index contributed by atoms with van der Waals surface area (Å²) >= 11 is 0.